The first kappa shape index (κ1) is 16.3. The van der Waals surface area contributed by atoms with Crippen molar-refractivity contribution in [1.29, 1.82) is 0 Å². The van der Waals surface area contributed by atoms with Gasteiger partial charge in [-0.15, -0.1) is 0 Å². The Hall–Kier alpha value is -1.11. The Kier molecular flexibility index (Phi) is 5.61. The minimum atomic E-state index is -4.26. The topological polar surface area (TPSA) is 32.5 Å². The Morgan fingerprint density at radius 1 is 0.952 bits per heavy atom. The number of nitrogens with zero attached hydrogens (tertiary/aromatic N) is 2. The van der Waals surface area contributed by atoms with Gasteiger partial charge in [0, 0.05) is 32.7 Å². The molecule has 21 heavy (non-hydrogen) atoms. The largest absolute Gasteiger partial charge is 0.416 e. The lowest BCUT2D eigenvalue weighted by molar-refractivity contribution is -0.137. The highest BCUT2D eigenvalue weighted by Gasteiger charge is 2.30. The van der Waals surface area contributed by atoms with Crippen LogP contribution in [0, 0.1) is 0 Å². The van der Waals surface area contributed by atoms with Crippen molar-refractivity contribution in [2.45, 2.75) is 19.1 Å². The van der Waals surface area contributed by atoms with Crippen LogP contribution in [-0.4, -0.2) is 49.1 Å². The lowest BCUT2D eigenvalue weighted by atomic mass is 10.1. The standard InChI is InChI=1S/C15H22F3N3/c16-15(17,18)14-4-2-13(3-5-14)12-21-8-1-7-20(9-6-19)10-11-21/h2-5H,1,6-12,19H2. The molecular weight excluding hydrogens is 279 g/mol. The van der Waals surface area contributed by atoms with Crippen LogP contribution in [0.25, 0.3) is 0 Å². The SMILES string of the molecule is NCCN1CCCN(Cc2ccc(C(F)(F)F)cc2)CC1. The van der Waals surface area contributed by atoms with Gasteiger partial charge in [-0.3, -0.25) is 4.90 Å². The molecular formula is C15H22F3N3. The molecule has 1 aromatic rings. The van der Waals surface area contributed by atoms with Crippen LogP contribution < -0.4 is 5.73 Å². The van der Waals surface area contributed by atoms with E-state index in [4.69, 9.17) is 5.73 Å². The molecule has 0 bridgehead atoms. The van der Waals surface area contributed by atoms with Gasteiger partial charge in [0.1, 0.15) is 0 Å². The van der Waals surface area contributed by atoms with Gasteiger partial charge in [-0.1, -0.05) is 12.1 Å². The van der Waals surface area contributed by atoms with Crippen molar-refractivity contribution >= 4 is 0 Å². The molecule has 0 radical (unpaired) electrons. The van der Waals surface area contributed by atoms with Gasteiger partial charge < -0.3 is 10.6 Å². The Labute approximate surface area is 123 Å². The molecule has 3 nitrogen and oxygen atoms in total. The third-order valence-electron chi connectivity index (χ3n) is 3.81. The molecule has 118 valence electrons. The van der Waals surface area contributed by atoms with E-state index in [9.17, 15) is 13.2 Å². The summed E-state index contributed by atoms with van der Waals surface area (Å²) in [5.41, 5.74) is 5.91. The van der Waals surface area contributed by atoms with Crippen molar-refractivity contribution in [1.82, 2.24) is 9.80 Å². The normalized spacial score (nSPS) is 18.7. The fourth-order valence-electron chi connectivity index (χ4n) is 2.65. The quantitative estimate of drug-likeness (QED) is 0.925. The van der Waals surface area contributed by atoms with Crippen LogP contribution in [0.4, 0.5) is 13.2 Å². The fraction of sp³-hybridized carbons (Fsp3) is 0.600. The molecule has 0 atom stereocenters. The summed E-state index contributed by atoms with van der Waals surface area (Å²) < 4.78 is 37.6. The molecule has 0 aromatic heterocycles. The molecule has 1 aromatic carbocycles. The average Bonchev–Trinajstić information content (AvgIpc) is 2.65. The maximum absolute atomic E-state index is 12.5. The van der Waals surface area contributed by atoms with Gasteiger partial charge in [0.15, 0.2) is 0 Å². The Balaban J connectivity index is 1.89. The molecule has 0 spiro atoms. The smallest absolute Gasteiger partial charge is 0.329 e. The van der Waals surface area contributed by atoms with Crippen LogP contribution in [-0.2, 0) is 12.7 Å². The predicted molar refractivity (Wildman–Crippen MR) is 76.8 cm³/mol. The highest BCUT2D eigenvalue weighted by atomic mass is 19.4. The average molecular weight is 301 g/mol. The van der Waals surface area contributed by atoms with E-state index in [1.54, 1.807) is 12.1 Å². The van der Waals surface area contributed by atoms with Crippen LogP contribution in [0.15, 0.2) is 24.3 Å². The molecule has 1 aliphatic rings. The van der Waals surface area contributed by atoms with Crippen LogP contribution in [0.3, 0.4) is 0 Å². The molecule has 1 saturated heterocycles. The maximum atomic E-state index is 12.5. The summed E-state index contributed by atoms with van der Waals surface area (Å²) in [6.45, 7) is 6.20. The summed E-state index contributed by atoms with van der Waals surface area (Å²) in [4.78, 5) is 4.63. The van der Waals surface area contributed by atoms with Gasteiger partial charge in [-0.2, -0.15) is 13.2 Å². The zero-order chi connectivity index (χ0) is 15.3. The Morgan fingerprint density at radius 2 is 1.57 bits per heavy atom. The van der Waals surface area contributed by atoms with E-state index < -0.39 is 11.7 Å². The third-order valence-corrected chi connectivity index (χ3v) is 3.81. The number of hydrogen-bond acceptors (Lipinski definition) is 3. The molecule has 6 heteroatoms. The molecule has 0 amide bonds. The molecule has 2 N–H and O–H groups in total. The lowest BCUT2D eigenvalue weighted by Gasteiger charge is -2.21. The van der Waals surface area contributed by atoms with Gasteiger partial charge >= 0.3 is 6.18 Å². The summed E-state index contributed by atoms with van der Waals surface area (Å²) in [6, 6.07) is 5.47. The van der Waals surface area contributed by atoms with E-state index in [-0.39, 0.29) is 0 Å². The molecule has 1 aliphatic heterocycles. The van der Waals surface area contributed by atoms with Crippen molar-refractivity contribution in [2.24, 2.45) is 5.73 Å². The van der Waals surface area contributed by atoms with Crippen molar-refractivity contribution in [3.63, 3.8) is 0 Å². The van der Waals surface area contributed by atoms with E-state index in [1.165, 1.54) is 0 Å². The first-order valence-electron chi connectivity index (χ1n) is 7.30. The highest BCUT2D eigenvalue weighted by molar-refractivity contribution is 5.24. The van der Waals surface area contributed by atoms with Crippen LogP contribution in [0.2, 0.25) is 0 Å². The van der Waals surface area contributed by atoms with Crippen LogP contribution in [0.5, 0.6) is 0 Å². The van der Waals surface area contributed by atoms with Gasteiger partial charge in [-0.05, 0) is 37.2 Å². The lowest BCUT2D eigenvalue weighted by Crippen LogP contribution is -2.33. The molecule has 0 unspecified atom stereocenters. The van der Waals surface area contributed by atoms with Crippen LogP contribution in [0.1, 0.15) is 17.5 Å². The fourth-order valence-corrected chi connectivity index (χ4v) is 2.65. The van der Waals surface area contributed by atoms with E-state index >= 15 is 0 Å². The zero-order valence-electron chi connectivity index (χ0n) is 12.1. The molecule has 0 aliphatic carbocycles. The number of hydrogen-bond donors (Lipinski definition) is 1. The third kappa shape index (κ3) is 4.98. The van der Waals surface area contributed by atoms with Crippen molar-refractivity contribution < 1.29 is 13.2 Å². The monoisotopic (exact) mass is 301 g/mol. The number of benzene rings is 1. The molecule has 0 saturated carbocycles. The van der Waals surface area contributed by atoms with E-state index in [1.807, 2.05) is 0 Å². The molecule has 1 heterocycles. The molecule has 2 rings (SSSR count). The highest BCUT2D eigenvalue weighted by Crippen LogP contribution is 2.29. The summed E-state index contributed by atoms with van der Waals surface area (Å²) in [5, 5.41) is 0. The van der Waals surface area contributed by atoms with Crippen LogP contribution >= 0.6 is 0 Å². The molecule has 1 fully saturated rings. The van der Waals surface area contributed by atoms with Crippen molar-refractivity contribution in [3.8, 4) is 0 Å². The maximum Gasteiger partial charge on any atom is 0.416 e. The van der Waals surface area contributed by atoms with Gasteiger partial charge in [-0.25, -0.2) is 0 Å². The number of rotatable bonds is 4. The second kappa shape index (κ2) is 7.24. The summed E-state index contributed by atoms with van der Waals surface area (Å²) in [5.74, 6) is 0. The van der Waals surface area contributed by atoms with Crippen molar-refractivity contribution in [3.05, 3.63) is 35.4 Å². The van der Waals surface area contributed by atoms with Gasteiger partial charge in [0.2, 0.25) is 0 Å². The first-order valence-corrected chi connectivity index (χ1v) is 7.30. The number of nitrogens with two attached hydrogens (primary N) is 1. The minimum absolute atomic E-state index is 0.587. The Bertz CT molecular complexity index is 431. The van der Waals surface area contributed by atoms with E-state index in [0.717, 1.165) is 56.8 Å². The second-order valence-corrected chi connectivity index (χ2v) is 5.45. The number of alkyl halides is 3. The Morgan fingerprint density at radius 3 is 2.19 bits per heavy atom. The zero-order valence-corrected chi connectivity index (χ0v) is 12.1. The summed E-state index contributed by atoms with van der Waals surface area (Å²) >= 11 is 0. The van der Waals surface area contributed by atoms with E-state index in [2.05, 4.69) is 9.80 Å². The second-order valence-electron chi connectivity index (χ2n) is 5.45. The first-order chi connectivity index (χ1) is 9.99. The summed E-state index contributed by atoms with van der Waals surface area (Å²) in [7, 11) is 0. The van der Waals surface area contributed by atoms with Gasteiger partial charge in [0.05, 0.1) is 5.56 Å². The van der Waals surface area contributed by atoms with Crippen molar-refractivity contribution in [2.75, 3.05) is 39.3 Å². The minimum Gasteiger partial charge on any atom is -0.329 e. The van der Waals surface area contributed by atoms with E-state index in [0.29, 0.717) is 13.1 Å². The predicted octanol–water partition coefficient (Wildman–Crippen LogP) is 2.17. The number of halogens is 3. The van der Waals surface area contributed by atoms with Gasteiger partial charge in [0.25, 0.3) is 0 Å². The summed E-state index contributed by atoms with van der Waals surface area (Å²) in [6.07, 6.45) is -3.19.